The Kier molecular flexibility index (Phi) is 5.53. The Bertz CT molecular complexity index is 724. The topological polar surface area (TPSA) is 44.4 Å². The molecule has 0 radical (unpaired) electrons. The molecule has 1 saturated heterocycles. The van der Waals surface area contributed by atoms with Crippen LogP contribution in [0.25, 0.3) is 0 Å². The Morgan fingerprint density at radius 2 is 1.80 bits per heavy atom. The van der Waals surface area contributed by atoms with E-state index in [2.05, 4.69) is 27.7 Å². The Labute approximate surface area is 148 Å². The Balaban J connectivity index is 1.52. The van der Waals surface area contributed by atoms with Crippen molar-refractivity contribution in [2.24, 2.45) is 0 Å². The normalized spacial score (nSPS) is 14.2. The number of halogens is 1. The number of carbonyl (C=O) groups is 1. The third-order valence-corrected chi connectivity index (χ3v) is 4.50. The van der Waals surface area contributed by atoms with Crippen molar-refractivity contribution in [1.82, 2.24) is 0 Å². The molecular formula is C20H24FN3O. The zero-order valence-electron chi connectivity index (χ0n) is 14.5. The van der Waals surface area contributed by atoms with E-state index < -0.39 is 0 Å². The number of carbonyl (C=O) groups excluding carboxylic acids is 1. The standard InChI is InChI=1S/C20H24FN3O/c1-15-13-16(21)5-10-19(15)22-14-20(25)23-17-6-8-18(9-7-17)24-11-3-2-4-12-24/h5-10,13,22H,2-4,11-12,14H2,1H3,(H,23,25). The predicted molar refractivity (Wildman–Crippen MR) is 101 cm³/mol. The lowest BCUT2D eigenvalue weighted by molar-refractivity contribution is -0.114. The second-order valence-corrected chi connectivity index (χ2v) is 6.46. The number of benzene rings is 2. The fourth-order valence-corrected chi connectivity index (χ4v) is 3.11. The first-order chi connectivity index (χ1) is 12.1. The molecule has 25 heavy (non-hydrogen) atoms. The van der Waals surface area contributed by atoms with Gasteiger partial charge in [0, 0.05) is 30.2 Å². The van der Waals surface area contributed by atoms with Crippen LogP contribution in [-0.4, -0.2) is 25.5 Å². The number of piperidine rings is 1. The van der Waals surface area contributed by atoms with Gasteiger partial charge in [-0.3, -0.25) is 4.79 Å². The van der Waals surface area contributed by atoms with Gasteiger partial charge in [0.15, 0.2) is 0 Å². The molecule has 2 aromatic carbocycles. The maximum atomic E-state index is 13.1. The van der Waals surface area contributed by atoms with Crippen molar-refractivity contribution >= 4 is 23.0 Å². The minimum atomic E-state index is -0.277. The van der Waals surface area contributed by atoms with E-state index in [1.54, 1.807) is 6.07 Å². The van der Waals surface area contributed by atoms with Crippen LogP contribution in [0.1, 0.15) is 24.8 Å². The summed E-state index contributed by atoms with van der Waals surface area (Å²) in [4.78, 5) is 14.5. The lowest BCUT2D eigenvalue weighted by Crippen LogP contribution is -2.29. The summed E-state index contributed by atoms with van der Waals surface area (Å²) >= 11 is 0. The Morgan fingerprint density at radius 1 is 1.08 bits per heavy atom. The van der Waals surface area contributed by atoms with Crippen molar-refractivity contribution in [2.45, 2.75) is 26.2 Å². The Hall–Kier alpha value is -2.56. The maximum absolute atomic E-state index is 13.1. The van der Waals surface area contributed by atoms with Gasteiger partial charge >= 0.3 is 0 Å². The van der Waals surface area contributed by atoms with Gasteiger partial charge in [-0.05, 0) is 74.2 Å². The summed E-state index contributed by atoms with van der Waals surface area (Å²) in [5.74, 6) is -0.407. The van der Waals surface area contributed by atoms with Crippen molar-refractivity contribution in [3.05, 3.63) is 53.8 Å². The summed E-state index contributed by atoms with van der Waals surface area (Å²) in [5, 5.41) is 5.92. The molecule has 1 aliphatic rings. The van der Waals surface area contributed by atoms with E-state index in [1.165, 1.54) is 37.1 Å². The number of aryl methyl sites for hydroxylation is 1. The molecule has 132 valence electrons. The molecule has 0 spiro atoms. The summed E-state index contributed by atoms with van der Waals surface area (Å²) in [6.45, 7) is 4.16. The molecule has 1 heterocycles. The largest absolute Gasteiger partial charge is 0.376 e. The SMILES string of the molecule is Cc1cc(F)ccc1NCC(=O)Nc1ccc(N2CCCCC2)cc1. The molecule has 0 unspecified atom stereocenters. The second kappa shape index (κ2) is 8.01. The maximum Gasteiger partial charge on any atom is 0.243 e. The summed E-state index contributed by atoms with van der Waals surface area (Å²) in [6.07, 6.45) is 3.80. The van der Waals surface area contributed by atoms with Crippen LogP contribution in [0.4, 0.5) is 21.5 Å². The second-order valence-electron chi connectivity index (χ2n) is 6.46. The number of rotatable bonds is 5. The van der Waals surface area contributed by atoms with E-state index in [9.17, 15) is 9.18 Å². The van der Waals surface area contributed by atoms with Crippen LogP contribution < -0.4 is 15.5 Å². The molecule has 0 aromatic heterocycles. The molecule has 0 atom stereocenters. The average Bonchev–Trinajstić information content (AvgIpc) is 2.62. The van der Waals surface area contributed by atoms with Crippen molar-refractivity contribution in [3.8, 4) is 0 Å². The van der Waals surface area contributed by atoms with Gasteiger partial charge in [0.05, 0.1) is 6.54 Å². The molecule has 2 N–H and O–H groups in total. The summed E-state index contributed by atoms with van der Waals surface area (Å²) in [6, 6.07) is 12.4. The molecule has 0 aliphatic carbocycles. The number of anilines is 3. The van der Waals surface area contributed by atoms with Crippen molar-refractivity contribution in [2.75, 3.05) is 35.2 Å². The smallest absolute Gasteiger partial charge is 0.243 e. The number of hydrogen-bond donors (Lipinski definition) is 2. The quantitative estimate of drug-likeness (QED) is 0.858. The van der Waals surface area contributed by atoms with E-state index in [4.69, 9.17) is 0 Å². The van der Waals surface area contributed by atoms with Crippen molar-refractivity contribution < 1.29 is 9.18 Å². The van der Waals surface area contributed by atoms with Gasteiger partial charge in [-0.2, -0.15) is 0 Å². The van der Waals surface area contributed by atoms with Gasteiger partial charge < -0.3 is 15.5 Å². The highest BCUT2D eigenvalue weighted by molar-refractivity contribution is 5.94. The molecule has 2 aromatic rings. The van der Waals surface area contributed by atoms with E-state index in [0.717, 1.165) is 30.0 Å². The van der Waals surface area contributed by atoms with E-state index in [0.29, 0.717) is 0 Å². The summed E-state index contributed by atoms with van der Waals surface area (Å²) in [7, 11) is 0. The van der Waals surface area contributed by atoms with Crippen LogP contribution in [-0.2, 0) is 4.79 Å². The molecule has 5 heteroatoms. The summed E-state index contributed by atoms with van der Waals surface area (Å²) in [5.41, 5.74) is 3.52. The van der Waals surface area contributed by atoms with Gasteiger partial charge in [-0.25, -0.2) is 4.39 Å². The van der Waals surface area contributed by atoms with Gasteiger partial charge in [0.25, 0.3) is 0 Å². The van der Waals surface area contributed by atoms with E-state index >= 15 is 0 Å². The zero-order chi connectivity index (χ0) is 17.6. The van der Waals surface area contributed by atoms with Crippen LogP contribution in [0, 0.1) is 12.7 Å². The highest BCUT2D eigenvalue weighted by atomic mass is 19.1. The Morgan fingerprint density at radius 3 is 2.48 bits per heavy atom. The minimum Gasteiger partial charge on any atom is -0.376 e. The first-order valence-corrected chi connectivity index (χ1v) is 8.77. The zero-order valence-corrected chi connectivity index (χ0v) is 14.5. The molecule has 4 nitrogen and oxygen atoms in total. The van der Waals surface area contributed by atoms with Gasteiger partial charge in [0.1, 0.15) is 5.82 Å². The number of nitrogens with zero attached hydrogens (tertiary/aromatic N) is 1. The lowest BCUT2D eigenvalue weighted by Gasteiger charge is -2.28. The minimum absolute atomic E-state index is 0.130. The fourth-order valence-electron chi connectivity index (χ4n) is 3.11. The molecule has 0 saturated carbocycles. The van der Waals surface area contributed by atoms with Crippen molar-refractivity contribution in [1.29, 1.82) is 0 Å². The van der Waals surface area contributed by atoms with Gasteiger partial charge in [0.2, 0.25) is 5.91 Å². The molecule has 3 rings (SSSR count). The summed E-state index contributed by atoms with van der Waals surface area (Å²) < 4.78 is 13.1. The first-order valence-electron chi connectivity index (χ1n) is 8.77. The molecule has 1 fully saturated rings. The third-order valence-electron chi connectivity index (χ3n) is 4.50. The predicted octanol–water partition coefficient (Wildman–Crippen LogP) is 4.18. The highest BCUT2D eigenvalue weighted by Crippen LogP contribution is 2.22. The van der Waals surface area contributed by atoms with Crippen LogP contribution >= 0.6 is 0 Å². The van der Waals surface area contributed by atoms with Crippen LogP contribution in [0.3, 0.4) is 0 Å². The average molecular weight is 341 g/mol. The van der Waals surface area contributed by atoms with Gasteiger partial charge in [-0.1, -0.05) is 0 Å². The number of amides is 1. The third kappa shape index (κ3) is 4.72. The monoisotopic (exact) mass is 341 g/mol. The molecule has 1 amide bonds. The van der Waals surface area contributed by atoms with Gasteiger partial charge in [-0.15, -0.1) is 0 Å². The fraction of sp³-hybridized carbons (Fsp3) is 0.350. The van der Waals surface area contributed by atoms with Crippen LogP contribution in [0.2, 0.25) is 0 Å². The molecule has 0 bridgehead atoms. The number of hydrogen-bond acceptors (Lipinski definition) is 3. The highest BCUT2D eigenvalue weighted by Gasteiger charge is 2.11. The molecular weight excluding hydrogens is 317 g/mol. The first kappa shape index (κ1) is 17.3. The van der Waals surface area contributed by atoms with E-state index in [1.807, 2.05) is 19.1 Å². The van der Waals surface area contributed by atoms with Crippen molar-refractivity contribution in [3.63, 3.8) is 0 Å². The lowest BCUT2D eigenvalue weighted by atomic mass is 10.1. The molecule has 1 aliphatic heterocycles. The number of nitrogens with one attached hydrogen (secondary N) is 2. The van der Waals surface area contributed by atoms with Crippen LogP contribution in [0.15, 0.2) is 42.5 Å². The van der Waals surface area contributed by atoms with E-state index in [-0.39, 0.29) is 18.3 Å². The van der Waals surface area contributed by atoms with Crippen LogP contribution in [0.5, 0.6) is 0 Å².